The van der Waals surface area contributed by atoms with Crippen LogP contribution in [0.2, 0.25) is 0 Å². The van der Waals surface area contributed by atoms with E-state index >= 15 is 0 Å². The van der Waals surface area contributed by atoms with Crippen LogP contribution < -0.4 is 4.90 Å². The molecular weight excluding hydrogens is 466 g/mol. The summed E-state index contributed by atoms with van der Waals surface area (Å²) >= 11 is 3.37. The third kappa shape index (κ3) is 5.52. The molecule has 3 aromatic rings. The predicted molar refractivity (Wildman–Crippen MR) is 118 cm³/mol. The van der Waals surface area contributed by atoms with Crippen LogP contribution in [0.25, 0.3) is 0 Å². The van der Waals surface area contributed by atoms with Crippen LogP contribution in [0.4, 0.5) is 11.4 Å². The van der Waals surface area contributed by atoms with E-state index < -0.39 is 16.8 Å². The molecule has 0 aliphatic heterocycles. The van der Waals surface area contributed by atoms with Crippen molar-refractivity contribution in [1.82, 2.24) is 4.98 Å². The molecule has 0 aliphatic rings. The third-order valence-corrected chi connectivity index (χ3v) is 4.85. The van der Waals surface area contributed by atoms with E-state index in [9.17, 15) is 19.7 Å². The van der Waals surface area contributed by atoms with Crippen LogP contribution in [0.3, 0.4) is 0 Å². The van der Waals surface area contributed by atoms with Gasteiger partial charge >= 0.3 is 5.97 Å². The molecule has 0 radical (unpaired) electrons. The fourth-order valence-corrected chi connectivity index (χ4v) is 3.15. The minimum Gasteiger partial charge on any atom is -0.462 e. The van der Waals surface area contributed by atoms with E-state index in [1.54, 1.807) is 55.6 Å². The number of nitro benzene ring substituents is 1. The molecule has 1 amide bonds. The van der Waals surface area contributed by atoms with E-state index in [1.807, 2.05) is 0 Å². The molecule has 3 rings (SSSR count). The standard InChI is InChI=1S/C22H18BrN3O5/c1-2-31-22(28)16-11-15(12-20(13-16)26(29)30)21(27)25(14-18-5-3-4-10-24-18)19-8-6-17(23)7-9-19/h3-13H,2,14H2,1H3. The van der Waals surface area contributed by atoms with Gasteiger partial charge in [0.1, 0.15) is 0 Å². The highest BCUT2D eigenvalue weighted by Crippen LogP contribution is 2.25. The van der Waals surface area contributed by atoms with E-state index in [0.29, 0.717) is 11.4 Å². The van der Waals surface area contributed by atoms with Crippen molar-refractivity contribution in [3.05, 3.63) is 98.3 Å². The summed E-state index contributed by atoms with van der Waals surface area (Å²) < 4.78 is 5.78. The number of carbonyl (C=O) groups excluding carboxylic acids is 2. The lowest BCUT2D eigenvalue weighted by atomic mass is 10.1. The van der Waals surface area contributed by atoms with Crippen molar-refractivity contribution in [2.75, 3.05) is 11.5 Å². The molecular formula is C22H18BrN3O5. The lowest BCUT2D eigenvalue weighted by Crippen LogP contribution is -2.31. The largest absolute Gasteiger partial charge is 0.462 e. The molecule has 9 heteroatoms. The molecule has 1 heterocycles. The molecule has 0 unspecified atom stereocenters. The topological polar surface area (TPSA) is 103 Å². The Morgan fingerprint density at radius 2 is 1.81 bits per heavy atom. The smallest absolute Gasteiger partial charge is 0.338 e. The first kappa shape index (κ1) is 22.1. The van der Waals surface area contributed by atoms with Gasteiger partial charge in [-0.3, -0.25) is 19.9 Å². The summed E-state index contributed by atoms with van der Waals surface area (Å²) in [6, 6.07) is 15.9. The number of nitrogens with zero attached hydrogens (tertiary/aromatic N) is 3. The highest BCUT2D eigenvalue weighted by Gasteiger charge is 2.24. The van der Waals surface area contributed by atoms with E-state index in [-0.39, 0.29) is 30.0 Å². The molecule has 0 saturated heterocycles. The van der Waals surface area contributed by atoms with Crippen molar-refractivity contribution in [1.29, 1.82) is 0 Å². The minimum absolute atomic E-state index is 0.00361. The molecule has 0 N–H and O–H groups in total. The molecule has 0 bridgehead atoms. The number of esters is 1. The van der Waals surface area contributed by atoms with Crippen LogP contribution in [0.15, 0.2) is 71.3 Å². The Labute approximate surface area is 186 Å². The first-order chi connectivity index (χ1) is 14.9. The predicted octanol–water partition coefficient (Wildman–Crippen LogP) is 4.78. The lowest BCUT2D eigenvalue weighted by molar-refractivity contribution is -0.384. The number of nitro groups is 1. The van der Waals surface area contributed by atoms with E-state index in [2.05, 4.69) is 20.9 Å². The quantitative estimate of drug-likeness (QED) is 0.272. The molecule has 1 aromatic heterocycles. The van der Waals surface area contributed by atoms with E-state index in [4.69, 9.17) is 4.74 Å². The van der Waals surface area contributed by atoms with Crippen LogP contribution in [0.5, 0.6) is 0 Å². The van der Waals surface area contributed by atoms with Crippen LogP contribution in [-0.4, -0.2) is 28.4 Å². The summed E-state index contributed by atoms with van der Waals surface area (Å²) in [6.45, 7) is 1.87. The third-order valence-electron chi connectivity index (χ3n) is 4.32. The molecule has 0 saturated carbocycles. The number of aromatic nitrogens is 1. The molecule has 158 valence electrons. The highest BCUT2D eigenvalue weighted by molar-refractivity contribution is 9.10. The average molecular weight is 484 g/mol. The zero-order valence-corrected chi connectivity index (χ0v) is 18.1. The van der Waals surface area contributed by atoms with Gasteiger partial charge in [-0.1, -0.05) is 22.0 Å². The monoisotopic (exact) mass is 483 g/mol. The number of non-ortho nitro benzene ring substituents is 1. The molecule has 8 nitrogen and oxygen atoms in total. The molecule has 0 atom stereocenters. The maximum atomic E-state index is 13.5. The van der Waals surface area contributed by atoms with Crippen molar-refractivity contribution in [2.24, 2.45) is 0 Å². The summed E-state index contributed by atoms with van der Waals surface area (Å²) in [7, 11) is 0. The van der Waals surface area contributed by atoms with Crippen molar-refractivity contribution in [3.63, 3.8) is 0 Å². The Morgan fingerprint density at radius 3 is 2.42 bits per heavy atom. The first-order valence-corrected chi connectivity index (χ1v) is 10.1. The minimum atomic E-state index is -0.736. The number of carbonyl (C=O) groups is 2. The summed E-state index contributed by atoms with van der Waals surface area (Å²) in [5.74, 6) is -1.25. The number of halogens is 1. The first-order valence-electron chi connectivity index (χ1n) is 9.33. The SMILES string of the molecule is CCOC(=O)c1cc(C(=O)N(Cc2ccccn2)c2ccc(Br)cc2)cc([N+](=O)[O-])c1. The number of hydrogen-bond donors (Lipinski definition) is 0. The molecule has 2 aromatic carbocycles. The Kier molecular flexibility index (Phi) is 7.09. The van der Waals surface area contributed by atoms with Crippen LogP contribution in [0.1, 0.15) is 33.3 Å². The number of amides is 1. The number of pyridine rings is 1. The van der Waals surface area contributed by atoms with Crippen LogP contribution in [-0.2, 0) is 11.3 Å². The Bertz CT molecular complexity index is 1100. The van der Waals surface area contributed by atoms with Crippen molar-refractivity contribution in [2.45, 2.75) is 13.5 Å². The summed E-state index contributed by atoms with van der Waals surface area (Å²) in [5, 5.41) is 11.4. The molecule has 0 aliphatic carbocycles. The maximum Gasteiger partial charge on any atom is 0.338 e. The van der Waals surface area contributed by atoms with E-state index in [0.717, 1.165) is 16.6 Å². The van der Waals surface area contributed by atoms with Gasteiger partial charge in [0.15, 0.2) is 0 Å². The highest BCUT2D eigenvalue weighted by atomic mass is 79.9. The fourth-order valence-electron chi connectivity index (χ4n) is 2.88. The summed E-state index contributed by atoms with van der Waals surface area (Å²) in [5.41, 5.74) is 0.768. The second-order valence-electron chi connectivity index (χ2n) is 6.43. The Morgan fingerprint density at radius 1 is 1.10 bits per heavy atom. The van der Waals surface area contributed by atoms with E-state index in [1.165, 1.54) is 11.0 Å². The lowest BCUT2D eigenvalue weighted by Gasteiger charge is -2.23. The number of ether oxygens (including phenoxy) is 1. The second kappa shape index (κ2) is 9.94. The fraction of sp³-hybridized carbons (Fsp3) is 0.136. The summed E-state index contributed by atoms with van der Waals surface area (Å²) in [4.78, 5) is 42.1. The van der Waals surface area contributed by atoms with Gasteiger partial charge < -0.3 is 9.64 Å². The number of rotatable bonds is 7. The normalized spacial score (nSPS) is 10.4. The zero-order valence-electron chi connectivity index (χ0n) is 16.5. The van der Waals surface area contributed by atoms with Gasteiger partial charge in [-0.2, -0.15) is 0 Å². The Balaban J connectivity index is 2.06. The van der Waals surface area contributed by atoms with Crippen LogP contribution >= 0.6 is 15.9 Å². The summed E-state index contributed by atoms with van der Waals surface area (Å²) in [6.07, 6.45) is 1.62. The van der Waals surface area contributed by atoms with Gasteiger partial charge in [0.2, 0.25) is 0 Å². The molecule has 31 heavy (non-hydrogen) atoms. The van der Waals surface area contributed by atoms with Gasteiger partial charge in [-0.05, 0) is 49.4 Å². The second-order valence-corrected chi connectivity index (χ2v) is 7.35. The van der Waals surface area contributed by atoms with Gasteiger partial charge in [0, 0.05) is 34.1 Å². The van der Waals surface area contributed by atoms with Crippen molar-refractivity contribution < 1.29 is 19.2 Å². The average Bonchev–Trinajstić information content (AvgIpc) is 2.78. The van der Waals surface area contributed by atoms with Gasteiger partial charge in [0.25, 0.3) is 11.6 Å². The van der Waals surface area contributed by atoms with Gasteiger partial charge in [-0.15, -0.1) is 0 Å². The van der Waals surface area contributed by atoms with Gasteiger partial charge in [0.05, 0.1) is 29.3 Å². The van der Waals surface area contributed by atoms with Gasteiger partial charge in [-0.25, -0.2) is 4.79 Å². The van der Waals surface area contributed by atoms with Crippen molar-refractivity contribution in [3.8, 4) is 0 Å². The van der Waals surface area contributed by atoms with Crippen LogP contribution in [0, 0.1) is 10.1 Å². The molecule has 0 spiro atoms. The number of benzene rings is 2. The maximum absolute atomic E-state index is 13.5. The molecule has 0 fully saturated rings. The Hall–Kier alpha value is -3.59. The number of hydrogen-bond acceptors (Lipinski definition) is 6. The number of anilines is 1. The van der Waals surface area contributed by atoms with Crippen molar-refractivity contribution >= 4 is 39.2 Å². The zero-order chi connectivity index (χ0) is 22.4.